The lowest BCUT2D eigenvalue weighted by molar-refractivity contribution is 0.425. The van der Waals surface area contributed by atoms with Crippen LogP contribution < -0.4 is 10.6 Å². The number of halogens is 2. The van der Waals surface area contributed by atoms with Crippen LogP contribution in [-0.4, -0.2) is 47.0 Å². The smallest absolute Gasteiger partial charge is 0.225 e. The van der Waals surface area contributed by atoms with Crippen LogP contribution in [-0.2, 0) is 0 Å². The van der Waals surface area contributed by atoms with Gasteiger partial charge in [-0.15, -0.1) is 0 Å². The van der Waals surface area contributed by atoms with Gasteiger partial charge >= 0.3 is 0 Å². The molecule has 0 aliphatic carbocycles. The van der Waals surface area contributed by atoms with E-state index in [0.717, 1.165) is 24.3 Å². The molecule has 2 heterocycles. The second-order valence-electron chi connectivity index (χ2n) is 6.18. The SMILES string of the molecule is CN(C)CCNc1nc(Nc2cc(Cl)ccc2Cl)cc(-c2cccnc2)n1. The first kappa shape index (κ1) is 19.4. The van der Waals surface area contributed by atoms with Gasteiger partial charge in [0.15, 0.2) is 0 Å². The Morgan fingerprint density at radius 2 is 1.93 bits per heavy atom. The standard InChI is InChI=1S/C19H20Cl2N6/c1-27(2)9-8-23-19-25-16(13-4-3-7-22-12-13)11-18(26-19)24-17-10-14(20)5-6-15(17)21/h3-7,10-12H,8-9H2,1-2H3,(H2,23,24,25,26). The molecule has 0 saturated carbocycles. The summed E-state index contributed by atoms with van der Waals surface area (Å²) in [4.78, 5) is 15.4. The van der Waals surface area contributed by atoms with Crippen LogP contribution in [0.4, 0.5) is 17.5 Å². The summed E-state index contributed by atoms with van der Waals surface area (Å²) >= 11 is 12.3. The molecular weight excluding hydrogens is 383 g/mol. The van der Waals surface area contributed by atoms with Gasteiger partial charge in [-0.05, 0) is 44.4 Å². The summed E-state index contributed by atoms with van der Waals surface area (Å²) in [6.07, 6.45) is 3.49. The molecule has 2 N–H and O–H groups in total. The Hall–Kier alpha value is -2.41. The van der Waals surface area contributed by atoms with Crippen molar-refractivity contribution in [2.75, 3.05) is 37.8 Å². The van der Waals surface area contributed by atoms with Crippen LogP contribution in [0.25, 0.3) is 11.3 Å². The number of hydrogen-bond acceptors (Lipinski definition) is 6. The lowest BCUT2D eigenvalue weighted by atomic mass is 10.2. The fraction of sp³-hybridized carbons (Fsp3) is 0.211. The van der Waals surface area contributed by atoms with Gasteiger partial charge in [0.05, 0.1) is 16.4 Å². The van der Waals surface area contributed by atoms with Crippen LogP contribution in [0.1, 0.15) is 0 Å². The maximum absolute atomic E-state index is 6.27. The van der Waals surface area contributed by atoms with Crippen molar-refractivity contribution in [3.05, 3.63) is 58.8 Å². The maximum Gasteiger partial charge on any atom is 0.225 e. The maximum atomic E-state index is 6.27. The Morgan fingerprint density at radius 1 is 1.07 bits per heavy atom. The summed E-state index contributed by atoms with van der Waals surface area (Å²) in [7, 11) is 4.03. The molecule has 0 amide bonds. The molecule has 0 atom stereocenters. The first-order valence-corrected chi connectivity index (χ1v) is 9.17. The minimum absolute atomic E-state index is 0.527. The first-order chi connectivity index (χ1) is 13.0. The van der Waals surface area contributed by atoms with E-state index >= 15 is 0 Å². The van der Waals surface area contributed by atoms with Crippen molar-refractivity contribution in [2.45, 2.75) is 0 Å². The molecule has 0 radical (unpaired) electrons. The Labute approximate surface area is 168 Å². The minimum atomic E-state index is 0.527. The van der Waals surface area contributed by atoms with E-state index in [1.165, 1.54) is 0 Å². The van der Waals surface area contributed by atoms with Gasteiger partial charge in [-0.3, -0.25) is 4.98 Å². The van der Waals surface area contributed by atoms with Crippen molar-refractivity contribution in [1.29, 1.82) is 0 Å². The molecule has 0 aliphatic heterocycles. The summed E-state index contributed by atoms with van der Waals surface area (Å²) in [5, 5.41) is 7.63. The van der Waals surface area contributed by atoms with Crippen LogP contribution in [0.5, 0.6) is 0 Å². The molecule has 3 aromatic rings. The van der Waals surface area contributed by atoms with Crippen molar-refractivity contribution in [2.24, 2.45) is 0 Å². The molecule has 2 aromatic heterocycles. The van der Waals surface area contributed by atoms with E-state index in [-0.39, 0.29) is 0 Å². The summed E-state index contributed by atoms with van der Waals surface area (Å²) in [6.45, 7) is 1.59. The number of pyridine rings is 1. The van der Waals surface area contributed by atoms with E-state index in [0.29, 0.717) is 27.5 Å². The largest absolute Gasteiger partial charge is 0.353 e. The van der Waals surface area contributed by atoms with Crippen molar-refractivity contribution in [3.63, 3.8) is 0 Å². The molecule has 27 heavy (non-hydrogen) atoms. The van der Waals surface area contributed by atoms with Crippen LogP contribution in [0.3, 0.4) is 0 Å². The third-order valence-corrected chi connectivity index (χ3v) is 4.28. The molecule has 0 aliphatic rings. The van der Waals surface area contributed by atoms with Crippen molar-refractivity contribution in [3.8, 4) is 11.3 Å². The number of rotatable bonds is 7. The Morgan fingerprint density at radius 3 is 2.67 bits per heavy atom. The number of anilines is 3. The first-order valence-electron chi connectivity index (χ1n) is 8.41. The summed E-state index contributed by atoms with van der Waals surface area (Å²) in [5.74, 6) is 1.14. The van der Waals surface area contributed by atoms with Crippen LogP contribution in [0.15, 0.2) is 48.8 Å². The van der Waals surface area contributed by atoms with E-state index in [1.54, 1.807) is 30.6 Å². The highest BCUT2D eigenvalue weighted by molar-refractivity contribution is 6.35. The van der Waals surface area contributed by atoms with Gasteiger partial charge in [-0.2, -0.15) is 4.98 Å². The zero-order valence-corrected chi connectivity index (χ0v) is 16.6. The summed E-state index contributed by atoms with van der Waals surface area (Å²) in [6, 6.07) is 10.9. The molecular formula is C19H20Cl2N6. The molecule has 0 bridgehead atoms. The average Bonchev–Trinajstić information content (AvgIpc) is 2.65. The van der Waals surface area contributed by atoms with Crippen molar-refractivity contribution >= 4 is 40.7 Å². The van der Waals surface area contributed by atoms with E-state index in [9.17, 15) is 0 Å². The number of likely N-dealkylation sites (N-methyl/N-ethyl adjacent to an activating group) is 1. The second kappa shape index (κ2) is 8.99. The fourth-order valence-electron chi connectivity index (χ4n) is 2.38. The molecule has 8 heteroatoms. The second-order valence-corrected chi connectivity index (χ2v) is 7.03. The van der Waals surface area contributed by atoms with E-state index < -0.39 is 0 Å². The van der Waals surface area contributed by atoms with Crippen molar-refractivity contribution in [1.82, 2.24) is 19.9 Å². The quantitative estimate of drug-likeness (QED) is 0.603. The zero-order chi connectivity index (χ0) is 19.2. The molecule has 0 spiro atoms. The van der Waals surface area contributed by atoms with Crippen LogP contribution >= 0.6 is 23.2 Å². The molecule has 3 rings (SSSR count). The summed E-state index contributed by atoms with van der Waals surface area (Å²) in [5.41, 5.74) is 2.33. The lowest BCUT2D eigenvalue weighted by Crippen LogP contribution is -2.21. The number of nitrogens with zero attached hydrogens (tertiary/aromatic N) is 4. The third kappa shape index (κ3) is 5.53. The van der Waals surface area contributed by atoms with Crippen LogP contribution in [0, 0.1) is 0 Å². The normalized spacial score (nSPS) is 10.9. The number of benzene rings is 1. The van der Waals surface area contributed by atoms with Crippen LogP contribution in [0.2, 0.25) is 10.0 Å². The highest BCUT2D eigenvalue weighted by Crippen LogP contribution is 2.29. The zero-order valence-electron chi connectivity index (χ0n) is 15.1. The predicted octanol–water partition coefficient (Wildman–Crippen LogP) is 4.56. The van der Waals surface area contributed by atoms with Gasteiger partial charge in [0.1, 0.15) is 5.82 Å². The van der Waals surface area contributed by atoms with E-state index in [2.05, 4.69) is 30.5 Å². The molecule has 0 saturated heterocycles. The minimum Gasteiger partial charge on any atom is -0.353 e. The van der Waals surface area contributed by atoms with Gasteiger partial charge < -0.3 is 15.5 Å². The molecule has 0 unspecified atom stereocenters. The number of aromatic nitrogens is 3. The van der Waals surface area contributed by atoms with E-state index in [1.807, 2.05) is 32.3 Å². The summed E-state index contributed by atoms with van der Waals surface area (Å²) < 4.78 is 0. The van der Waals surface area contributed by atoms with Gasteiger partial charge in [0.25, 0.3) is 0 Å². The Kier molecular flexibility index (Phi) is 6.45. The fourth-order valence-corrected chi connectivity index (χ4v) is 2.71. The van der Waals surface area contributed by atoms with Crippen molar-refractivity contribution < 1.29 is 0 Å². The Balaban J connectivity index is 1.92. The topological polar surface area (TPSA) is 66.0 Å². The van der Waals surface area contributed by atoms with Gasteiger partial charge in [0.2, 0.25) is 5.95 Å². The monoisotopic (exact) mass is 402 g/mol. The molecule has 140 valence electrons. The third-order valence-electron chi connectivity index (χ3n) is 3.72. The highest BCUT2D eigenvalue weighted by atomic mass is 35.5. The van der Waals surface area contributed by atoms with Gasteiger partial charge in [-0.25, -0.2) is 4.98 Å². The molecule has 1 aromatic carbocycles. The Bertz CT molecular complexity index is 902. The van der Waals surface area contributed by atoms with E-state index in [4.69, 9.17) is 23.2 Å². The lowest BCUT2D eigenvalue weighted by Gasteiger charge is -2.14. The average molecular weight is 403 g/mol. The molecule has 0 fully saturated rings. The molecule has 6 nitrogen and oxygen atoms in total. The predicted molar refractivity (Wildman–Crippen MR) is 112 cm³/mol. The number of hydrogen-bond donors (Lipinski definition) is 2. The van der Waals surface area contributed by atoms with Gasteiger partial charge in [0, 0.05) is 42.1 Å². The highest BCUT2D eigenvalue weighted by Gasteiger charge is 2.09. The van der Waals surface area contributed by atoms with Gasteiger partial charge in [-0.1, -0.05) is 23.2 Å². The number of nitrogens with one attached hydrogen (secondary N) is 2.